The number of carbonyl (C=O) groups is 2. The van der Waals surface area contributed by atoms with E-state index in [-0.39, 0.29) is 17.5 Å². The highest BCUT2D eigenvalue weighted by molar-refractivity contribution is 7.14. The second kappa shape index (κ2) is 4.83. The second-order valence-corrected chi connectivity index (χ2v) is 4.93. The van der Waals surface area contributed by atoms with Gasteiger partial charge in [-0.2, -0.15) is 0 Å². The van der Waals surface area contributed by atoms with Crippen molar-refractivity contribution in [2.45, 2.75) is 20.3 Å². The van der Waals surface area contributed by atoms with Crippen molar-refractivity contribution < 1.29 is 14.3 Å². The largest absolute Gasteiger partial charge is 0.461 e. The third-order valence-electron chi connectivity index (χ3n) is 2.67. The number of nitrogens with one attached hydrogen (secondary N) is 1. The van der Waals surface area contributed by atoms with Crippen LogP contribution in [0.15, 0.2) is 5.38 Å². The average Bonchev–Trinajstić information content (AvgIpc) is 2.84. The zero-order valence-corrected chi connectivity index (χ0v) is 10.5. The van der Waals surface area contributed by atoms with Gasteiger partial charge in [0.15, 0.2) is 10.8 Å². The van der Waals surface area contributed by atoms with Crippen LogP contribution in [0.25, 0.3) is 0 Å². The van der Waals surface area contributed by atoms with Crippen LogP contribution in [0.5, 0.6) is 0 Å². The molecule has 17 heavy (non-hydrogen) atoms. The normalized spacial score (nSPS) is 22.0. The molecule has 92 valence electrons. The molecule has 1 aromatic heterocycles. The Bertz CT molecular complexity index is 444. The van der Waals surface area contributed by atoms with E-state index in [9.17, 15) is 9.59 Å². The van der Waals surface area contributed by atoms with E-state index in [1.54, 1.807) is 12.3 Å². The maximum atomic E-state index is 11.6. The molecule has 0 bridgehead atoms. The minimum Gasteiger partial charge on any atom is -0.461 e. The smallest absolute Gasteiger partial charge is 0.357 e. The highest BCUT2D eigenvalue weighted by atomic mass is 32.1. The van der Waals surface area contributed by atoms with Crippen molar-refractivity contribution in [1.82, 2.24) is 4.98 Å². The predicted octanol–water partition coefficient (Wildman–Crippen LogP) is 1.91. The van der Waals surface area contributed by atoms with Crippen molar-refractivity contribution in [2.75, 3.05) is 11.9 Å². The summed E-state index contributed by atoms with van der Waals surface area (Å²) in [4.78, 5) is 27.0. The lowest BCUT2D eigenvalue weighted by atomic mass is 10.3. The Morgan fingerprint density at radius 1 is 1.65 bits per heavy atom. The number of ether oxygens (including phenoxy) is 1. The number of anilines is 1. The number of nitrogens with zero attached hydrogens (tertiary/aromatic N) is 1. The van der Waals surface area contributed by atoms with Gasteiger partial charge in [0.05, 0.1) is 6.61 Å². The van der Waals surface area contributed by atoms with Crippen molar-refractivity contribution in [1.29, 1.82) is 0 Å². The molecule has 1 amide bonds. The fourth-order valence-electron chi connectivity index (χ4n) is 1.52. The molecule has 1 aliphatic rings. The summed E-state index contributed by atoms with van der Waals surface area (Å²) >= 11 is 1.23. The molecule has 2 unspecified atom stereocenters. The van der Waals surface area contributed by atoms with E-state index < -0.39 is 5.97 Å². The summed E-state index contributed by atoms with van der Waals surface area (Å²) in [7, 11) is 0. The molecule has 1 aromatic rings. The fourth-order valence-corrected chi connectivity index (χ4v) is 2.20. The Morgan fingerprint density at radius 3 is 2.94 bits per heavy atom. The van der Waals surface area contributed by atoms with Crippen LogP contribution in [-0.2, 0) is 9.53 Å². The summed E-state index contributed by atoms with van der Waals surface area (Å²) in [5, 5.41) is 4.76. The standard InChI is InChI=1S/C11H14N2O3S/c1-3-16-10(15)8-5-17-11(12-8)13-9(14)7-4-6(7)2/h5-7H,3-4H2,1-2H3,(H,12,13,14). The van der Waals surface area contributed by atoms with Gasteiger partial charge in [-0.1, -0.05) is 6.92 Å². The van der Waals surface area contributed by atoms with Gasteiger partial charge in [0.25, 0.3) is 0 Å². The lowest BCUT2D eigenvalue weighted by Crippen LogP contribution is -2.14. The van der Waals surface area contributed by atoms with Crippen molar-refractivity contribution in [3.05, 3.63) is 11.1 Å². The molecule has 6 heteroatoms. The van der Waals surface area contributed by atoms with Crippen LogP contribution in [-0.4, -0.2) is 23.5 Å². The third kappa shape index (κ3) is 2.82. The van der Waals surface area contributed by atoms with Gasteiger partial charge in [-0.3, -0.25) is 4.79 Å². The molecule has 2 atom stereocenters. The summed E-state index contributed by atoms with van der Waals surface area (Å²) in [6, 6.07) is 0. The van der Waals surface area contributed by atoms with Gasteiger partial charge in [-0.05, 0) is 19.3 Å². The SMILES string of the molecule is CCOC(=O)c1csc(NC(=O)C2CC2C)n1. The van der Waals surface area contributed by atoms with Crippen LogP contribution < -0.4 is 5.32 Å². The molecular formula is C11H14N2O3S. The van der Waals surface area contributed by atoms with E-state index in [0.717, 1.165) is 6.42 Å². The lowest BCUT2D eigenvalue weighted by molar-refractivity contribution is -0.117. The van der Waals surface area contributed by atoms with Crippen LogP contribution in [0.4, 0.5) is 5.13 Å². The second-order valence-electron chi connectivity index (χ2n) is 4.07. The highest BCUT2D eigenvalue weighted by Crippen LogP contribution is 2.38. The maximum Gasteiger partial charge on any atom is 0.357 e. The number of carbonyl (C=O) groups excluding carboxylic acids is 2. The Balaban J connectivity index is 1.94. The first-order valence-electron chi connectivity index (χ1n) is 5.55. The van der Waals surface area contributed by atoms with Gasteiger partial charge in [0.1, 0.15) is 0 Å². The number of rotatable bonds is 4. The highest BCUT2D eigenvalue weighted by Gasteiger charge is 2.39. The molecule has 1 aliphatic carbocycles. The summed E-state index contributed by atoms with van der Waals surface area (Å²) in [5.41, 5.74) is 0.246. The van der Waals surface area contributed by atoms with E-state index >= 15 is 0 Å². The minimum absolute atomic E-state index is 0.0118. The summed E-state index contributed by atoms with van der Waals surface area (Å²) in [6.45, 7) is 4.09. The van der Waals surface area contributed by atoms with E-state index in [2.05, 4.69) is 10.3 Å². The van der Waals surface area contributed by atoms with Crippen LogP contribution in [0.3, 0.4) is 0 Å². The molecule has 0 spiro atoms. The molecular weight excluding hydrogens is 240 g/mol. The van der Waals surface area contributed by atoms with Crippen LogP contribution >= 0.6 is 11.3 Å². The van der Waals surface area contributed by atoms with Gasteiger partial charge >= 0.3 is 5.97 Å². The molecule has 1 fully saturated rings. The first kappa shape index (κ1) is 12.0. The van der Waals surface area contributed by atoms with E-state index in [1.165, 1.54) is 11.3 Å². The first-order chi connectivity index (χ1) is 8.11. The molecule has 5 nitrogen and oxygen atoms in total. The molecule has 2 rings (SSSR count). The molecule has 1 heterocycles. The fraction of sp³-hybridized carbons (Fsp3) is 0.545. The zero-order valence-electron chi connectivity index (χ0n) is 9.73. The quantitative estimate of drug-likeness (QED) is 0.833. The Hall–Kier alpha value is -1.43. The monoisotopic (exact) mass is 254 g/mol. The van der Waals surface area contributed by atoms with Crippen LogP contribution in [0.2, 0.25) is 0 Å². The van der Waals surface area contributed by atoms with Crippen molar-refractivity contribution >= 4 is 28.3 Å². The van der Waals surface area contributed by atoms with Crippen LogP contribution in [0.1, 0.15) is 30.8 Å². The Morgan fingerprint density at radius 2 is 2.35 bits per heavy atom. The average molecular weight is 254 g/mol. The molecule has 1 N–H and O–H groups in total. The van der Waals surface area contributed by atoms with Gasteiger partial charge in [0.2, 0.25) is 5.91 Å². The number of aromatic nitrogens is 1. The first-order valence-corrected chi connectivity index (χ1v) is 6.43. The van der Waals surface area contributed by atoms with Crippen molar-refractivity contribution in [3.63, 3.8) is 0 Å². The predicted molar refractivity (Wildman–Crippen MR) is 64.0 cm³/mol. The zero-order chi connectivity index (χ0) is 12.4. The van der Waals surface area contributed by atoms with Gasteiger partial charge in [0, 0.05) is 11.3 Å². The van der Waals surface area contributed by atoms with Crippen molar-refractivity contribution in [3.8, 4) is 0 Å². The number of thiazole rings is 1. The molecule has 0 radical (unpaired) electrons. The maximum absolute atomic E-state index is 11.6. The van der Waals surface area contributed by atoms with E-state index in [0.29, 0.717) is 17.7 Å². The molecule has 0 aliphatic heterocycles. The van der Waals surface area contributed by atoms with Crippen LogP contribution in [0, 0.1) is 11.8 Å². The molecule has 1 saturated carbocycles. The topological polar surface area (TPSA) is 68.3 Å². The number of hydrogen-bond acceptors (Lipinski definition) is 5. The third-order valence-corrected chi connectivity index (χ3v) is 3.42. The van der Waals surface area contributed by atoms with Gasteiger partial charge < -0.3 is 10.1 Å². The Kier molecular flexibility index (Phi) is 3.42. The van der Waals surface area contributed by atoms with E-state index in [1.807, 2.05) is 6.92 Å². The summed E-state index contributed by atoms with van der Waals surface area (Å²) in [5.74, 6) is 0.0933. The summed E-state index contributed by atoms with van der Waals surface area (Å²) < 4.78 is 4.82. The number of esters is 1. The lowest BCUT2D eigenvalue weighted by Gasteiger charge is -1.99. The molecule has 0 aromatic carbocycles. The Labute approximate surface area is 103 Å². The van der Waals surface area contributed by atoms with Gasteiger partial charge in [-0.25, -0.2) is 9.78 Å². The van der Waals surface area contributed by atoms with Gasteiger partial charge in [-0.15, -0.1) is 11.3 Å². The molecule has 0 saturated heterocycles. The van der Waals surface area contributed by atoms with Crippen molar-refractivity contribution in [2.24, 2.45) is 11.8 Å². The minimum atomic E-state index is -0.455. The summed E-state index contributed by atoms with van der Waals surface area (Å²) in [6.07, 6.45) is 0.932. The van der Waals surface area contributed by atoms with E-state index in [4.69, 9.17) is 4.74 Å². The number of amides is 1. The number of hydrogen-bond donors (Lipinski definition) is 1.